The molecule has 1 aromatic carbocycles. The second kappa shape index (κ2) is 5.56. The van der Waals surface area contributed by atoms with E-state index in [1.807, 2.05) is 44.2 Å². The molecule has 0 spiro atoms. The lowest BCUT2D eigenvalue weighted by Crippen LogP contribution is -2.09. The average Bonchev–Trinajstić information content (AvgIpc) is 2.18. The first-order valence-corrected chi connectivity index (χ1v) is 5.26. The van der Waals surface area contributed by atoms with Crippen molar-refractivity contribution in [1.82, 2.24) is 0 Å². The zero-order valence-corrected chi connectivity index (χ0v) is 9.44. The van der Waals surface area contributed by atoms with Gasteiger partial charge in [-0.25, -0.2) is 0 Å². The van der Waals surface area contributed by atoms with E-state index in [1.165, 1.54) is 0 Å². The van der Waals surface area contributed by atoms with Crippen molar-refractivity contribution in [2.75, 3.05) is 0 Å². The van der Waals surface area contributed by atoms with Gasteiger partial charge >= 0.3 is 0 Å². The smallest absolute Gasteiger partial charge is 0.119 e. The van der Waals surface area contributed by atoms with Gasteiger partial charge in [0.25, 0.3) is 0 Å². The molecule has 1 rings (SSSR count). The fraction of sp³-hybridized carbons (Fsp3) is 0.385. The van der Waals surface area contributed by atoms with E-state index in [2.05, 4.69) is 6.58 Å². The fourth-order valence-corrected chi connectivity index (χ4v) is 1.38. The van der Waals surface area contributed by atoms with E-state index in [-0.39, 0.29) is 12.1 Å². The number of hydrogen-bond donors (Lipinski definition) is 1. The molecule has 0 aromatic heterocycles. The zero-order chi connectivity index (χ0) is 11.3. The van der Waals surface area contributed by atoms with Crippen molar-refractivity contribution in [3.05, 3.63) is 42.5 Å². The van der Waals surface area contributed by atoms with Crippen molar-refractivity contribution in [1.29, 1.82) is 0 Å². The zero-order valence-electron chi connectivity index (χ0n) is 9.44. The summed E-state index contributed by atoms with van der Waals surface area (Å²) in [6, 6.07) is 7.96. The molecule has 0 amide bonds. The molecule has 2 heteroatoms. The maximum Gasteiger partial charge on any atom is 0.119 e. The van der Waals surface area contributed by atoms with Crippen LogP contribution in [0.3, 0.4) is 0 Å². The van der Waals surface area contributed by atoms with Crippen LogP contribution in [0.2, 0.25) is 0 Å². The van der Waals surface area contributed by atoms with Gasteiger partial charge in [0.05, 0.1) is 6.10 Å². The van der Waals surface area contributed by atoms with E-state index >= 15 is 0 Å². The summed E-state index contributed by atoms with van der Waals surface area (Å²) in [5.41, 5.74) is 7.06. The predicted molar refractivity (Wildman–Crippen MR) is 63.9 cm³/mol. The van der Waals surface area contributed by atoms with Gasteiger partial charge in [-0.05, 0) is 38.0 Å². The summed E-state index contributed by atoms with van der Waals surface area (Å²) in [4.78, 5) is 0. The molecule has 82 valence electrons. The Labute approximate surface area is 91.7 Å². The number of benzene rings is 1. The molecule has 0 fully saturated rings. The van der Waals surface area contributed by atoms with Crippen LogP contribution >= 0.6 is 0 Å². The molecule has 1 atom stereocenters. The minimum absolute atomic E-state index is 0.0376. The molecule has 0 bridgehead atoms. The Bertz CT molecular complexity index is 303. The second-order valence-corrected chi connectivity index (χ2v) is 3.87. The van der Waals surface area contributed by atoms with Crippen molar-refractivity contribution in [2.24, 2.45) is 5.73 Å². The summed E-state index contributed by atoms with van der Waals surface area (Å²) in [7, 11) is 0. The van der Waals surface area contributed by atoms with Gasteiger partial charge in [-0.15, -0.1) is 6.58 Å². The summed E-state index contributed by atoms with van der Waals surface area (Å²) < 4.78 is 5.55. The molecule has 0 unspecified atom stereocenters. The van der Waals surface area contributed by atoms with Gasteiger partial charge in [0.1, 0.15) is 5.75 Å². The van der Waals surface area contributed by atoms with Crippen LogP contribution in [0, 0.1) is 0 Å². The highest BCUT2D eigenvalue weighted by molar-refractivity contribution is 5.29. The van der Waals surface area contributed by atoms with Crippen LogP contribution in [0.15, 0.2) is 36.9 Å². The van der Waals surface area contributed by atoms with Crippen LogP contribution in [-0.4, -0.2) is 6.10 Å². The second-order valence-electron chi connectivity index (χ2n) is 3.87. The minimum Gasteiger partial charge on any atom is -0.491 e. The van der Waals surface area contributed by atoms with Crippen molar-refractivity contribution < 1.29 is 4.74 Å². The lowest BCUT2D eigenvalue weighted by Gasteiger charge is -2.12. The molecule has 0 aliphatic heterocycles. The summed E-state index contributed by atoms with van der Waals surface area (Å²) in [6.45, 7) is 7.70. The molecule has 0 saturated carbocycles. The van der Waals surface area contributed by atoms with E-state index in [9.17, 15) is 0 Å². The molecule has 15 heavy (non-hydrogen) atoms. The Balaban J connectivity index is 2.67. The topological polar surface area (TPSA) is 35.2 Å². The van der Waals surface area contributed by atoms with Gasteiger partial charge in [0.2, 0.25) is 0 Å². The summed E-state index contributed by atoms with van der Waals surface area (Å²) >= 11 is 0. The third-order valence-electron chi connectivity index (χ3n) is 2.10. The highest BCUT2D eigenvalue weighted by atomic mass is 16.5. The van der Waals surface area contributed by atoms with E-state index in [1.54, 1.807) is 0 Å². The van der Waals surface area contributed by atoms with Crippen molar-refractivity contribution in [3.8, 4) is 5.75 Å². The molecule has 2 N–H and O–H groups in total. The first kappa shape index (κ1) is 11.8. The lowest BCUT2D eigenvalue weighted by atomic mass is 10.0. The largest absolute Gasteiger partial charge is 0.491 e. The fourth-order valence-electron chi connectivity index (χ4n) is 1.38. The Hall–Kier alpha value is -1.28. The van der Waals surface area contributed by atoms with Gasteiger partial charge in [-0.2, -0.15) is 0 Å². The molecule has 0 saturated heterocycles. The van der Waals surface area contributed by atoms with Gasteiger partial charge < -0.3 is 10.5 Å². The summed E-state index contributed by atoms with van der Waals surface area (Å²) in [6.07, 6.45) is 2.84. The minimum atomic E-state index is 0.0376. The number of nitrogens with two attached hydrogens (primary N) is 1. The number of ether oxygens (including phenoxy) is 1. The molecule has 2 nitrogen and oxygen atoms in total. The molecule has 0 radical (unpaired) electrons. The Morgan fingerprint density at radius 2 is 1.93 bits per heavy atom. The van der Waals surface area contributed by atoms with Gasteiger partial charge in [0.15, 0.2) is 0 Å². The van der Waals surface area contributed by atoms with Gasteiger partial charge in [0, 0.05) is 6.04 Å². The maximum atomic E-state index is 5.94. The maximum absolute atomic E-state index is 5.94. The van der Waals surface area contributed by atoms with Crippen molar-refractivity contribution >= 4 is 0 Å². The van der Waals surface area contributed by atoms with Gasteiger partial charge in [-0.1, -0.05) is 18.2 Å². The predicted octanol–water partition coefficient (Wildman–Crippen LogP) is 3.05. The summed E-state index contributed by atoms with van der Waals surface area (Å²) in [5, 5.41) is 0. The molecule has 0 aliphatic carbocycles. The third kappa shape index (κ3) is 3.76. The SMILES string of the molecule is C=CC[C@H](N)c1ccc(OC(C)C)cc1. The van der Waals surface area contributed by atoms with Crippen LogP contribution in [0.5, 0.6) is 5.75 Å². The van der Waals surface area contributed by atoms with Crippen molar-refractivity contribution in [2.45, 2.75) is 32.4 Å². The monoisotopic (exact) mass is 205 g/mol. The first-order valence-electron chi connectivity index (χ1n) is 5.26. The third-order valence-corrected chi connectivity index (χ3v) is 2.10. The molecule has 0 aliphatic rings. The van der Waals surface area contributed by atoms with Crippen LogP contribution in [0.4, 0.5) is 0 Å². The van der Waals surface area contributed by atoms with E-state index in [0.29, 0.717) is 0 Å². The highest BCUT2D eigenvalue weighted by Gasteiger charge is 2.04. The molecule has 0 heterocycles. The number of rotatable bonds is 5. The van der Waals surface area contributed by atoms with E-state index in [4.69, 9.17) is 10.5 Å². The van der Waals surface area contributed by atoms with Crippen LogP contribution < -0.4 is 10.5 Å². The standard InChI is InChI=1S/C13H19NO/c1-4-5-13(14)11-6-8-12(9-7-11)15-10(2)3/h4,6-10,13H,1,5,14H2,2-3H3/t13-/m0/s1. The first-order chi connectivity index (χ1) is 7.13. The van der Waals surface area contributed by atoms with E-state index < -0.39 is 0 Å². The van der Waals surface area contributed by atoms with E-state index in [0.717, 1.165) is 17.7 Å². The van der Waals surface area contributed by atoms with Crippen molar-refractivity contribution in [3.63, 3.8) is 0 Å². The average molecular weight is 205 g/mol. The van der Waals surface area contributed by atoms with Crippen LogP contribution in [0.1, 0.15) is 31.9 Å². The Morgan fingerprint density at radius 3 is 2.40 bits per heavy atom. The Morgan fingerprint density at radius 1 is 1.33 bits per heavy atom. The Kier molecular flexibility index (Phi) is 4.37. The number of hydrogen-bond acceptors (Lipinski definition) is 2. The molecule has 1 aromatic rings. The van der Waals surface area contributed by atoms with Gasteiger partial charge in [-0.3, -0.25) is 0 Å². The highest BCUT2D eigenvalue weighted by Crippen LogP contribution is 2.19. The molecular formula is C13H19NO. The normalized spacial score (nSPS) is 12.5. The summed E-state index contributed by atoms with van der Waals surface area (Å²) in [5.74, 6) is 0.888. The van der Waals surface area contributed by atoms with Crippen LogP contribution in [0.25, 0.3) is 0 Å². The van der Waals surface area contributed by atoms with Crippen LogP contribution in [-0.2, 0) is 0 Å². The lowest BCUT2D eigenvalue weighted by molar-refractivity contribution is 0.242. The quantitative estimate of drug-likeness (QED) is 0.750. The molecular weight excluding hydrogens is 186 g/mol.